The van der Waals surface area contributed by atoms with Crippen molar-refractivity contribution in [3.05, 3.63) is 40.6 Å². The molecule has 0 atom stereocenters. The molecule has 0 bridgehead atoms. The number of benzene rings is 1. The summed E-state index contributed by atoms with van der Waals surface area (Å²) in [6.07, 6.45) is 0.685. The Bertz CT molecular complexity index is 720. The quantitative estimate of drug-likeness (QED) is 0.823. The number of aliphatic hydroxyl groups excluding tert-OH is 1. The number of hydrogen-bond acceptors (Lipinski definition) is 5. The minimum Gasteiger partial charge on any atom is -0.502 e. The van der Waals surface area contributed by atoms with Crippen LogP contribution in [0.15, 0.2) is 24.0 Å². The molecule has 2 aliphatic rings. The summed E-state index contributed by atoms with van der Waals surface area (Å²) in [5.41, 5.74) is 2.68. The number of hydrogen-bond donors (Lipinski definition) is 1. The average Bonchev–Trinajstić information content (AvgIpc) is 2.80. The molecule has 2 heterocycles. The van der Waals surface area contributed by atoms with Gasteiger partial charge >= 0.3 is 0 Å². The van der Waals surface area contributed by atoms with Crippen molar-refractivity contribution in [2.75, 3.05) is 39.4 Å². The van der Waals surface area contributed by atoms with Gasteiger partial charge in [-0.05, 0) is 31.4 Å². The van der Waals surface area contributed by atoms with Crippen molar-refractivity contribution < 1.29 is 19.4 Å². The summed E-state index contributed by atoms with van der Waals surface area (Å²) in [5.74, 6) is -1.44. The molecule has 0 radical (unpaired) electrons. The third-order valence-electron chi connectivity index (χ3n) is 4.75. The van der Waals surface area contributed by atoms with Crippen LogP contribution in [0, 0.1) is 13.8 Å². The highest BCUT2D eigenvalue weighted by atomic mass is 16.5. The number of aryl methyl sites for hydroxylation is 2. The smallest absolute Gasteiger partial charge is 0.296 e. The minimum atomic E-state index is -0.595. The van der Waals surface area contributed by atoms with Gasteiger partial charge in [0.15, 0.2) is 5.76 Å². The van der Waals surface area contributed by atoms with Gasteiger partial charge in [0.25, 0.3) is 11.8 Å². The second kappa shape index (κ2) is 7.37. The predicted molar refractivity (Wildman–Crippen MR) is 94.1 cm³/mol. The van der Waals surface area contributed by atoms with Crippen molar-refractivity contribution in [1.29, 1.82) is 0 Å². The van der Waals surface area contributed by atoms with Gasteiger partial charge in [0.2, 0.25) is 0 Å². The van der Waals surface area contributed by atoms with E-state index < -0.39 is 17.6 Å². The maximum atomic E-state index is 12.7. The number of carbonyl (C=O) groups excluding carboxylic acids is 2. The summed E-state index contributed by atoms with van der Waals surface area (Å²) < 4.78 is 5.31. The Labute approximate surface area is 147 Å². The van der Waals surface area contributed by atoms with E-state index in [1.54, 1.807) is 6.07 Å². The van der Waals surface area contributed by atoms with Crippen LogP contribution >= 0.6 is 0 Å². The normalized spacial score (nSPS) is 19.2. The number of imide groups is 1. The zero-order valence-corrected chi connectivity index (χ0v) is 14.7. The summed E-state index contributed by atoms with van der Waals surface area (Å²) >= 11 is 0. The van der Waals surface area contributed by atoms with Gasteiger partial charge in [-0.25, -0.2) is 0 Å². The monoisotopic (exact) mass is 344 g/mol. The van der Waals surface area contributed by atoms with Crippen molar-refractivity contribution in [2.45, 2.75) is 20.3 Å². The molecule has 2 amide bonds. The van der Waals surface area contributed by atoms with Crippen molar-refractivity contribution >= 4 is 17.4 Å². The van der Waals surface area contributed by atoms with Gasteiger partial charge in [-0.3, -0.25) is 19.4 Å². The second-order valence-corrected chi connectivity index (χ2v) is 6.61. The highest BCUT2D eigenvalue weighted by Gasteiger charge is 2.39. The Hall–Kier alpha value is -2.18. The fourth-order valence-electron chi connectivity index (χ4n) is 3.38. The Balaban J connectivity index is 1.68. The van der Waals surface area contributed by atoms with Gasteiger partial charge in [0.05, 0.1) is 18.8 Å². The summed E-state index contributed by atoms with van der Waals surface area (Å²) in [6, 6.07) is 5.61. The lowest BCUT2D eigenvalue weighted by Gasteiger charge is -2.27. The van der Waals surface area contributed by atoms with Crippen LogP contribution in [-0.2, 0) is 14.3 Å². The molecule has 2 aliphatic heterocycles. The van der Waals surface area contributed by atoms with E-state index in [-0.39, 0.29) is 5.57 Å². The van der Waals surface area contributed by atoms with Crippen LogP contribution < -0.4 is 0 Å². The van der Waals surface area contributed by atoms with Crippen LogP contribution in [0.5, 0.6) is 0 Å². The number of amides is 2. The van der Waals surface area contributed by atoms with Crippen LogP contribution in [0.1, 0.15) is 23.1 Å². The molecular formula is C19H24N2O4. The predicted octanol–water partition coefficient (Wildman–Crippen LogP) is 1.66. The van der Waals surface area contributed by atoms with Crippen LogP contribution in [-0.4, -0.2) is 66.1 Å². The largest absolute Gasteiger partial charge is 0.502 e. The molecule has 0 saturated carbocycles. The van der Waals surface area contributed by atoms with Crippen LogP contribution in [0.25, 0.3) is 5.57 Å². The van der Waals surface area contributed by atoms with Crippen molar-refractivity contribution in [2.24, 2.45) is 0 Å². The summed E-state index contributed by atoms with van der Waals surface area (Å²) in [6.45, 7) is 8.15. The molecule has 1 saturated heterocycles. The Kier molecular flexibility index (Phi) is 5.20. The molecule has 0 spiro atoms. The first-order valence-electron chi connectivity index (χ1n) is 8.66. The molecular weight excluding hydrogens is 320 g/mol. The number of ether oxygens (including phenoxy) is 1. The highest BCUT2D eigenvalue weighted by molar-refractivity contribution is 6.35. The van der Waals surface area contributed by atoms with E-state index in [4.69, 9.17) is 4.74 Å². The highest BCUT2D eigenvalue weighted by Crippen LogP contribution is 2.30. The van der Waals surface area contributed by atoms with E-state index in [9.17, 15) is 14.7 Å². The SMILES string of the molecule is Cc1ccc(C2=C(O)C(=O)N(CCCN3CCOCC3)C2=O)c(C)c1. The number of carbonyl (C=O) groups is 2. The summed E-state index contributed by atoms with van der Waals surface area (Å²) in [7, 11) is 0. The third-order valence-corrected chi connectivity index (χ3v) is 4.75. The first-order chi connectivity index (χ1) is 12.0. The molecule has 0 unspecified atom stereocenters. The average molecular weight is 344 g/mol. The lowest BCUT2D eigenvalue weighted by atomic mass is 9.98. The van der Waals surface area contributed by atoms with E-state index in [1.807, 2.05) is 26.0 Å². The van der Waals surface area contributed by atoms with Crippen LogP contribution in [0.2, 0.25) is 0 Å². The Morgan fingerprint density at radius 1 is 1.08 bits per heavy atom. The third kappa shape index (κ3) is 3.60. The maximum Gasteiger partial charge on any atom is 0.296 e. The minimum absolute atomic E-state index is 0.119. The molecule has 0 aromatic heterocycles. The van der Waals surface area contributed by atoms with Gasteiger partial charge < -0.3 is 9.84 Å². The van der Waals surface area contributed by atoms with Gasteiger partial charge in [-0.1, -0.05) is 23.8 Å². The fraction of sp³-hybridized carbons (Fsp3) is 0.474. The van der Waals surface area contributed by atoms with Crippen LogP contribution in [0.3, 0.4) is 0 Å². The van der Waals surface area contributed by atoms with Crippen LogP contribution in [0.4, 0.5) is 0 Å². The second-order valence-electron chi connectivity index (χ2n) is 6.61. The van der Waals surface area contributed by atoms with Gasteiger partial charge in [0.1, 0.15) is 0 Å². The molecule has 0 aliphatic carbocycles. The Morgan fingerprint density at radius 2 is 1.80 bits per heavy atom. The first-order valence-corrected chi connectivity index (χ1v) is 8.66. The molecule has 6 nitrogen and oxygen atoms in total. The molecule has 1 aromatic carbocycles. The Morgan fingerprint density at radius 3 is 2.48 bits per heavy atom. The molecule has 25 heavy (non-hydrogen) atoms. The molecule has 1 aromatic rings. The van der Waals surface area contributed by atoms with Crippen molar-refractivity contribution in [3.8, 4) is 0 Å². The summed E-state index contributed by atoms with van der Waals surface area (Å²) in [4.78, 5) is 28.4. The van der Waals surface area contributed by atoms with E-state index in [0.29, 0.717) is 18.5 Å². The zero-order chi connectivity index (χ0) is 18.0. The van der Waals surface area contributed by atoms with Gasteiger partial charge in [0, 0.05) is 26.2 Å². The molecule has 1 N–H and O–H groups in total. The first kappa shape index (κ1) is 17.6. The van der Waals surface area contributed by atoms with E-state index in [1.165, 1.54) is 0 Å². The van der Waals surface area contributed by atoms with Crippen molar-refractivity contribution in [3.63, 3.8) is 0 Å². The lowest BCUT2D eigenvalue weighted by molar-refractivity contribution is -0.138. The maximum absolute atomic E-state index is 12.7. The summed E-state index contributed by atoms with van der Waals surface area (Å²) in [5, 5.41) is 10.2. The van der Waals surface area contributed by atoms with E-state index >= 15 is 0 Å². The number of morpholine rings is 1. The molecule has 6 heteroatoms. The zero-order valence-electron chi connectivity index (χ0n) is 14.7. The van der Waals surface area contributed by atoms with Gasteiger partial charge in [-0.15, -0.1) is 0 Å². The standard InChI is InChI=1S/C19H24N2O4/c1-13-4-5-15(14(2)12-13)16-17(22)19(24)21(18(16)23)7-3-6-20-8-10-25-11-9-20/h4-5,12,22H,3,6-11H2,1-2H3. The van der Waals surface area contributed by atoms with E-state index in [0.717, 1.165) is 48.9 Å². The molecule has 3 rings (SSSR count). The number of rotatable bonds is 5. The number of aliphatic hydroxyl groups is 1. The molecule has 1 fully saturated rings. The fourth-order valence-corrected chi connectivity index (χ4v) is 3.38. The molecule has 134 valence electrons. The van der Waals surface area contributed by atoms with Crippen molar-refractivity contribution in [1.82, 2.24) is 9.80 Å². The lowest BCUT2D eigenvalue weighted by Crippen LogP contribution is -2.39. The topological polar surface area (TPSA) is 70.1 Å². The van der Waals surface area contributed by atoms with E-state index in [2.05, 4.69) is 4.90 Å². The number of nitrogens with zero attached hydrogens (tertiary/aromatic N) is 2. The van der Waals surface area contributed by atoms with Gasteiger partial charge in [-0.2, -0.15) is 0 Å².